The molecule has 6 heteroatoms. The summed E-state index contributed by atoms with van der Waals surface area (Å²) in [7, 11) is 1.54. The van der Waals surface area contributed by atoms with Crippen LogP contribution in [0.15, 0.2) is 12.1 Å². The molecule has 0 aliphatic rings. The fraction of sp³-hybridized carbons (Fsp3) is 0.250. The SMILES string of the molecule is COc1cc(C)c(C)cc1-c1n[nH]nc1C(=O)O. The lowest BCUT2D eigenvalue weighted by atomic mass is 10.0. The lowest BCUT2D eigenvalue weighted by molar-refractivity contribution is 0.0691. The van der Waals surface area contributed by atoms with E-state index in [0.29, 0.717) is 11.3 Å². The second-order valence-electron chi connectivity index (χ2n) is 3.96. The molecule has 2 rings (SSSR count). The van der Waals surface area contributed by atoms with Crippen molar-refractivity contribution in [2.24, 2.45) is 0 Å². The van der Waals surface area contributed by atoms with Gasteiger partial charge in [-0.25, -0.2) is 4.79 Å². The van der Waals surface area contributed by atoms with Gasteiger partial charge >= 0.3 is 5.97 Å². The highest BCUT2D eigenvalue weighted by atomic mass is 16.5. The van der Waals surface area contributed by atoms with E-state index in [0.717, 1.165) is 11.1 Å². The Kier molecular flexibility index (Phi) is 3.01. The van der Waals surface area contributed by atoms with E-state index in [1.807, 2.05) is 26.0 Å². The molecule has 1 heterocycles. The first-order valence-corrected chi connectivity index (χ1v) is 5.34. The van der Waals surface area contributed by atoms with Crippen LogP contribution in [-0.2, 0) is 0 Å². The number of hydrogen-bond acceptors (Lipinski definition) is 4. The molecule has 6 nitrogen and oxygen atoms in total. The summed E-state index contributed by atoms with van der Waals surface area (Å²) in [6.07, 6.45) is 0. The minimum absolute atomic E-state index is 0.114. The Morgan fingerprint density at radius 3 is 2.56 bits per heavy atom. The number of carboxylic acid groups (broad SMARTS) is 1. The average molecular weight is 247 g/mol. The predicted molar refractivity (Wildman–Crippen MR) is 64.8 cm³/mol. The van der Waals surface area contributed by atoms with Gasteiger partial charge in [-0.05, 0) is 37.1 Å². The Balaban J connectivity index is 2.66. The number of nitrogens with one attached hydrogen (secondary N) is 1. The van der Waals surface area contributed by atoms with Crippen LogP contribution in [0.5, 0.6) is 5.75 Å². The van der Waals surface area contributed by atoms with Gasteiger partial charge in [-0.3, -0.25) is 0 Å². The van der Waals surface area contributed by atoms with Crippen LogP contribution >= 0.6 is 0 Å². The topological polar surface area (TPSA) is 88.1 Å². The van der Waals surface area contributed by atoms with Crippen molar-refractivity contribution in [3.05, 3.63) is 29.0 Å². The average Bonchev–Trinajstić information content (AvgIpc) is 2.81. The fourth-order valence-corrected chi connectivity index (χ4v) is 1.71. The molecule has 18 heavy (non-hydrogen) atoms. The van der Waals surface area contributed by atoms with E-state index in [9.17, 15) is 4.79 Å². The van der Waals surface area contributed by atoms with Crippen molar-refractivity contribution in [2.45, 2.75) is 13.8 Å². The minimum atomic E-state index is -1.13. The lowest BCUT2D eigenvalue weighted by Crippen LogP contribution is -2.01. The van der Waals surface area contributed by atoms with Crippen molar-refractivity contribution >= 4 is 5.97 Å². The molecule has 2 aromatic rings. The molecule has 0 aliphatic heterocycles. The predicted octanol–water partition coefficient (Wildman–Crippen LogP) is 1.80. The first kappa shape index (κ1) is 12.1. The summed E-state index contributed by atoms with van der Waals surface area (Å²) in [6.45, 7) is 3.90. The van der Waals surface area contributed by atoms with E-state index in [1.165, 1.54) is 7.11 Å². The van der Waals surface area contributed by atoms with Crippen molar-refractivity contribution in [3.8, 4) is 17.0 Å². The Morgan fingerprint density at radius 1 is 1.28 bits per heavy atom. The van der Waals surface area contributed by atoms with Gasteiger partial charge < -0.3 is 9.84 Å². The molecule has 0 saturated carbocycles. The summed E-state index contributed by atoms with van der Waals surface area (Å²) in [5.41, 5.74) is 2.88. The van der Waals surface area contributed by atoms with Crippen LogP contribution in [0.25, 0.3) is 11.3 Å². The molecule has 0 unspecified atom stereocenters. The normalized spacial score (nSPS) is 10.4. The Bertz CT molecular complexity index is 605. The third-order valence-electron chi connectivity index (χ3n) is 2.82. The monoisotopic (exact) mass is 247 g/mol. The highest BCUT2D eigenvalue weighted by Gasteiger charge is 2.20. The van der Waals surface area contributed by atoms with Crippen LogP contribution in [0.3, 0.4) is 0 Å². The summed E-state index contributed by atoms with van der Waals surface area (Å²) in [5.74, 6) is -0.548. The first-order chi connectivity index (χ1) is 8.54. The molecule has 2 N–H and O–H groups in total. The van der Waals surface area contributed by atoms with Gasteiger partial charge in [0.15, 0.2) is 5.69 Å². The van der Waals surface area contributed by atoms with Gasteiger partial charge in [0, 0.05) is 5.56 Å². The summed E-state index contributed by atoms with van der Waals surface area (Å²) < 4.78 is 5.27. The summed E-state index contributed by atoms with van der Waals surface area (Å²) >= 11 is 0. The van der Waals surface area contributed by atoms with Crippen LogP contribution in [0, 0.1) is 13.8 Å². The van der Waals surface area contributed by atoms with Gasteiger partial charge in [0.1, 0.15) is 11.4 Å². The molecule has 0 amide bonds. The number of carbonyl (C=O) groups is 1. The maximum Gasteiger partial charge on any atom is 0.358 e. The van der Waals surface area contributed by atoms with Gasteiger partial charge in [-0.2, -0.15) is 10.3 Å². The molecule has 0 aliphatic carbocycles. The number of aromatic amines is 1. The van der Waals surface area contributed by atoms with E-state index in [1.54, 1.807) is 0 Å². The van der Waals surface area contributed by atoms with Crippen LogP contribution < -0.4 is 4.74 Å². The number of benzene rings is 1. The Labute approximate surface area is 104 Å². The summed E-state index contributed by atoms with van der Waals surface area (Å²) in [5, 5.41) is 18.9. The van der Waals surface area contributed by atoms with Gasteiger partial charge in [0.25, 0.3) is 0 Å². The molecular formula is C12H13N3O3. The van der Waals surface area contributed by atoms with Gasteiger partial charge in [-0.15, -0.1) is 5.10 Å². The highest BCUT2D eigenvalue weighted by molar-refractivity contribution is 5.93. The Morgan fingerprint density at radius 2 is 1.94 bits per heavy atom. The zero-order chi connectivity index (χ0) is 13.3. The molecule has 0 bridgehead atoms. The molecular weight excluding hydrogens is 234 g/mol. The molecule has 0 atom stereocenters. The number of nitrogens with zero attached hydrogens (tertiary/aromatic N) is 2. The van der Waals surface area contributed by atoms with Crippen molar-refractivity contribution in [1.29, 1.82) is 0 Å². The highest BCUT2D eigenvalue weighted by Crippen LogP contribution is 2.32. The fourth-order valence-electron chi connectivity index (χ4n) is 1.71. The quantitative estimate of drug-likeness (QED) is 0.863. The van der Waals surface area contributed by atoms with Crippen LogP contribution in [0.2, 0.25) is 0 Å². The second kappa shape index (κ2) is 4.48. The van der Waals surface area contributed by atoms with Gasteiger partial charge in [0.05, 0.1) is 7.11 Å². The van der Waals surface area contributed by atoms with Gasteiger partial charge in [0.2, 0.25) is 0 Å². The van der Waals surface area contributed by atoms with Crippen molar-refractivity contribution in [3.63, 3.8) is 0 Å². The number of rotatable bonds is 3. The number of methoxy groups -OCH3 is 1. The Hall–Kier alpha value is -2.37. The largest absolute Gasteiger partial charge is 0.496 e. The molecule has 0 radical (unpaired) electrons. The van der Waals surface area contributed by atoms with Crippen molar-refractivity contribution < 1.29 is 14.6 Å². The minimum Gasteiger partial charge on any atom is -0.496 e. The van der Waals surface area contributed by atoms with Gasteiger partial charge in [-0.1, -0.05) is 0 Å². The number of carboxylic acids is 1. The van der Waals surface area contributed by atoms with Crippen LogP contribution in [0.4, 0.5) is 0 Å². The zero-order valence-electron chi connectivity index (χ0n) is 10.3. The number of aryl methyl sites for hydroxylation is 2. The molecule has 1 aromatic carbocycles. The lowest BCUT2D eigenvalue weighted by Gasteiger charge is -2.10. The van der Waals surface area contributed by atoms with E-state index >= 15 is 0 Å². The molecule has 0 saturated heterocycles. The van der Waals surface area contributed by atoms with E-state index in [4.69, 9.17) is 9.84 Å². The first-order valence-electron chi connectivity index (χ1n) is 5.34. The van der Waals surface area contributed by atoms with E-state index < -0.39 is 5.97 Å². The summed E-state index contributed by atoms with van der Waals surface area (Å²) in [6, 6.07) is 3.70. The maximum atomic E-state index is 11.0. The van der Waals surface area contributed by atoms with Crippen LogP contribution in [0.1, 0.15) is 21.6 Å². The second-order valence-corrected chi connectivity index (χ2v) is 3.96. The smallest absolute Gasteiger partial charge is 0.358 e. The van der Waals surface area contributed by atoms with Crippen molar-refractivity contribution in [1.82, 2.24) is 15.4 Å². The number of aromatic carboxylic acids is 1. The molecule has 94 valence electrons. The third kappa shape index (κ3) is 1.92. The number of aromatic nitrogens is 3. The number of H-pyrrole nitrogens is 1. The molecule has 0 fully saturated rings. The van der Waals surface area contributed by atoms with Crippen LogP contribution in [-0.4, -0.2) is 33.6 Å². The number of ether oxygens (including phenoxy) is 1. The number of hydrogen-bond donors (Lipinski definition) is 2. The third-order valence-corrected chi connectivity index (χ3v) is 2.82. The standard InChI is InChI=1S/C12H13N3O3/c1-6-4-8(9(18-3)5-7(6)2)10-11(12(16)17)14-15-13-10/h4-5H,1-3H3,(H,16,17)(H,13,14,15). The van der Waals surface area contributed by atoms with E-state index in [-0.39, 0.29) is 11.4 Å². The van der Waals surface area contributed by atoms with E-state index in [2.05, 4.69) is 15.4 Å². The molecule has 0 spiro atoms. The summed E-state index contributed by atoms with van der Waals surface area (Å²) in [4.78, 5) is 11.0. The maximum absolute atomic E-state index is 11.0. The molecule has 1 aromatic heterocycles. The zero-order valence-corrected chi connectivity index (χ0v) is 10.3. The van der Waals surface area contributed by atoms with Crippen molar-refractivity contribution in [2.75, 3.05) is 7.11 Å².